The second-order valence-corrected chi connectivity index (χ2v) is 5.88. The molecule has 0 amide bonds. The smallest absolute Gasteiger partial charge is 0.329 e. The number of carboxylic acid groups (broad SMARTS) is 1. The zero-order valence-corrected chi connectivity index (χ0v) is 12.9. The minimum Gasteiger partial charge on any atom is -0.480 e. The van der Waals surface area contributed by atoms with Gasteiger partial charge in [-0.25, -0.2) is 13.6 Å². The molecule has 0 saturated heterocycles. The number of alkyl halides is 2. The number of aliphatic imine (C=N–C) groups is 1. The topological polar surface area (TPSA) is 75.7 Å². The van der Waals surface area contributed by atoms with E-state index in [0.717, 1.165) is 24.8 Å². The number of rotatable bonds is 8. The molecule has 0 saturated carbocycles. The minimum atomic E-state index is -3.09. The summed E-state index contributed by atoms with van der Waals surface area (Å²) < 4.78 is 25.4. The molecule has 2 atom stereocenters. The van der Waals surface area contributed by atoms with Crippen LogP contribution in [0.5, 0.6) is 0 Å². The van der Waals surface area contributed by atoms with Gasteiger partial charge in [0.2, 0.25) is 0 Å². The second-order valence-electron chi connectivity index (χ2n) is 5.88. The maximum Gasteiger partial charge on any atom is 0.329 e. The van der Waals surface area contributed by atoms with Crippen molar-refractivity contribution in [3.8, 4) is 0 Å². The van der Waals surface area contributed by atoms with Crippen molar-refractivity contribution in [1.29, 1.82) is 0 Å². The molecule has 6 heteroatoms. The standard InChI is InChI=1S/C16H24F2N2O2/c1-11(2)13-6-4-12(5-7-13)10-20-9-3-8-16(19,14(17)18)15(21)22/h4,10,13-14H,1,3,5-9,19H2,2H3,(H,21,22)/b20-10+. The Hall–Kier alpha value is -1.56. The van der Waals surface area contributed by atoms with Gasteiger partial charge in [-0.2, -0.15) is 0 Å². The van der Waals surface area contributed by atoms with Crippen molar-refractivity contribution >= 4 is 12.2 Å². The number of hydrogen-bond acceptors (Lipinski definition) is 3. The van der Waals surface area contributed by atoms with Gasteiger partial charge in [0.25, 0.3) is 6.43 Å². The first-order valence-corrected chi connectivity index (χ1v) is 7.42. The van der Waals surface area contributed by atoms with E-state index >= 15 is 0 Å². The van der Waals surface area contributed by atoms with Crippen molar-refractivity contribution in [3.63, 3.8) is 0 Å². The van der Waals surface area contributed by atoms with Crippen molar-refractivity contribution < 1.29 is 18.7 Å². The summed E-state index contributed by atoms with van der Waals surface area (Å²) in [6.45, 7) is 6.28. The van der Waals surface area contributed by atoms with Crippen molar-refractivity contribution in [3.05, 3.63) is 23.8 Å². The van der Waals surface area contributed by atoms with Crippen LogP contribution in [0.3, 0.4) is 0 Å². The summed E-state index contributed by atoms with van der Waals surface area (Å²) in [4.78, 5) is 15.0. The predicted molar refractivity (Wildman–Crippen MR) is 83.4 cm³/mol. The van der Waals surface area contributed by atoms with Crippen LogP contribution >= 0.6 is 0 Å². The number of nitrogens with zero attached hydrogens (tertiary/aromatic N) is 1. The quantitative estimate of drug-likeness (QED) is 0.410. The third-order valence-corrected chi connectivity index (χ3v) is 4.07. The summed E-state index contributed by atoms with van der Waals surface area (Å²) in [5.74, 6) is -1.15. The first kappa shape index (κ1) is 18.5. The van der Waals surface area contributed by atoms with E-state index in [-0.39, 0.29) is 12.8 Å². The third kappa shape index (κ3) is 5.02. The van der Waals surface area contributed by atoms with Gasteiger partial charge in [-0.3, -0.25) is 4.99 Å². The fourth-order valence-electron chi connectivity index (χ4n) is 2.37. The molecule has 0 radical (unpaired) electrons. The van der Waals surface area contributed by atoms with Crippen molar-refractivity contribution in [2.45, 2.75) is 51.0 Å². The maximum absolute atomic E-state index is 12.7. The molecule has 0 aromatic rings. The summed E-state index contributed by atoms with van der Waals surface area (Å²) in [6.07, 6.45) is 3.62. The van der Waals surface area contributed by atoms with Gasteiger partial charge in [0.15, 0.2) is 5.54 Å². The molecule has 0 fully saturated rings. The van der Waals surface area contributed by atoms with Crippen LogP contribution in [0.15, 0.2) is 28.8 Å². The summed E-state index contributed by atoms with van der Waals surface area (Å²) in [6, 6.07) is 0. The van der Waals surface area contributed by atoms with Crippen molar-refractivity contribution in [2.24, 2.45) is 16.6 Å². The molecule has 0 aromatic heterocycles. The predicted octanol–water partition coefficient (Wildman–Crippen LogP) is 3.19. The lowest BCUT2D eigenvalue weighted by molar-refractivity contribution is -0.150. The minimum absolute atomic E-state index is 0.214. The Kier molecular flexibility index (Phi) is 6.87. The Balaban J connectivity index is 2.39. The molecule has 0 bridgehead atoms. The Morgan fingerprint density at radius 3 is 2.82 bits per heavy atom. The lowest BCUT2D eigenvalue weighted by Gasteiger charge is -2.23. The molecule has 0 spiro atoms. The number of allylic oxidation sites excluding steroid dienone is 3. The highest BCUT2D eigenvalue weighted by Crippen LogP contribution is 2.27. The Morgan fingerprint density at radius 1 is 1.68 bits per heavy atom. The first-order chi connectivity index (χ1) is 10.3. The molecule has 0 heterocycles. The van der Waals surface area contributed by atoms with E-state index < -0.39 is 17.9 Å². The molecule has 2 unspecified atom stereocenters. The number of carboxylic acids is 1. The fourth-order valence-corrected chi connectivity index (χ4v) is 2.37. The Labute approximate surface area is 129 Å². The van der Waals surface area contributed by atoms with E-state index in [1.165, 1.54) is 5.57 Å². The highest BCUT2D eigenvalue weighted by atomic mass is 19.3. The number of halogens is 2. The molecule has 3 N–H and O–H groups in total. The molecule has 4 nitrogen and oxygen atoms in total. The fraction of sp³-hybridized carbons (Fsp3) is 0.625. The average molecular weight is 314 g/mol. The molecule has 0 aromatic carbocycles. The Morgan fingerprint density at radius 2 is 2.36 bits per heavy atom. The van der Waals surface area contributed by atoms with Crippen molar-refractivity contribution in [2.75, 3.05) is 6.54 Å². The summed E-state index contributed by atoms with van der Waals surface area (Å²) in [5.41, 5.74) is 5.07. The number of hydrogen-bond donors (Lipinski definition) is 2. The van der Waals surface area contributed by atoms with Gasteiger partial charge in [-0.1, -0.05) is 18.2 Å². The lowest BCUT2D eigenvalue weighted by atomic mass is 9.86. The van der Waals surface area contributed by atoms with E-state index in [1.807, 2.05) is 6.92 Å². The van der Waals surface area contributed by atoms with Gasteiger partial charge in [0.05, 0.1) is 0 Å². The SMILES string of the molecule is C=C(C)C1CC=C(/C=N/CCCC(N)(C(=O)O)C(F)F)CC1. The van der Waals surface area contributed by atoms with Gasteiger partial charge in [0.1, 0.15) is 0 Å². The van der Waals surface area contributed by atoms with Crippen LogP contribution < -0.4 is 5.73 Å². The second kappa shape index (κ2) is 8.17. The molecule has 1 aliphatic rings. The summed E-state index contributed by atoms with van der Waals surface area (Å²) in [5, 5.41) is 8.77. The zero-order valence-electron chi connectivity index (χ0n) is 12.9. The van der Waals surface area contributed by atoms with E-state index in [9.17, 15) is 13.6 Å². The lowest BCUT2D eigenvalue weighted by Crippen LogP contribution is -2.54. The van der Waals surface area contributed by atoms with Gasteiger partial charge < -0.3 is 10.8 Å². The van der Waals surface area contributed by atoms with E-state index in [4.69, 9.17) is 10.8 Å². The Bertz CT molecular complexity index is 475. The number of aliphatic carboxylic acids is 1. The highest BCUT2D eigenvalue weighted by molar-refractivity contribution is 5.79. The van der Waals surface area contributed by atoms with Crippen LogP contribution in [-0.4, -0.2) is 35.8 Å². The number of nitrogens with two attached hydrogens (primary N) is 1. The van der Waals surface area contributed by atoms with Crippen LogP contribution in [0.2, 0.25) is 0 Å². The van der Waals surface area contributed by atoms with Gasteiger partial charge in [-0.05, 0) is 50.5 Å². The van der Waals surface area contributed by atoms with Gasteiger partial charge >= 0.3 is 5.97 Å². The third-order valence-electron chi connectivity index (χ3n) is 4.07. The maximum atomic E-state index is 12.7. The molecule has 22 heavy (non-hydrogen) atoms. The van der Waals surface area contributed by atoms with Crippen LogP contribution in [-0.2, 0) is 4.79 Å². The monoisotopic (exact) mass is 314 g/mol. The van der Waals surface area contributed by atoms with Crippen molar-refractivity contribution in [1.82, 2.24) is 0 Å². The van der Waals surface area contributed by atoms with E-state index in [2.05, 4.69) is 17.6 Å². The largest absolute Gasteiger partial charge is 0.480 e. The molecular weight excluding hydrogens is 290 g/mol. The first-order valence-electron chi connectivity index (χ1n) is 7.42. The number of carbonyl (C=O) groups is 1. The van der Waals surface area contributed by atoms with E-state index in [1.54, 1.807) is 6.21 Å². The molecule has 0 aliphatic heterocycles. The summed E-state index contributed by atoms with van der Waals surface area (Å²) in [7, 11) is 0. The molecule has 1 aliphatic carbocycles. The van der Waals surface area contributed by atoms with Crippen LogP contribution in [0, 0.1) is 5.92 Å². The van der Waals surface area contributed by atoms with Crippen LogP contribution in [0.4, 0.5) is 8.78 Å². The molecule has 1 rings (SSSR count). The molecular formula is C16H24F2N2O2. The highest BCUT2D eigenvalue weighted by Gasteiger charge is 2.43. The van der Waals surface area contributed by atoms with Gasteiger partial charge in [0, 0.05) is 12.8 Å². The normalized spacial score (nSPS) is 21.7. The van der Waals surface area contributed by atoms with Crippen LogP contribution in [0.1, 0.15) is 39.0 Å². The average Bonchev–Trinajstić information content (AvgIpc) is 2.46. The molecule has 124 valence electrons. The van der Waals surface area contributed by atoms with E-state index in [0.29, 0.717) is 12.5 Å². The van der Waals surface area contributed by atoms with Gasteiger partial charge in [-0.15, -0.1) is 0 Å². The summed E-state index contributed by atoms with van der Waals surface area (Å²) >= 11 is 0. The zero-order chi connectivity index (χ0) is 16.8. The van der Waals surface area contributed by atoms with Crippen LogP contribution in [0.25, 0.3) is 0 Å².